The third-order valence-electron chi connectivity index (χ3n) is 2.74. The second-order valence-electron chi connectivity index (χ2n) is 4.27. The van der Waals surface area contributed by atoms with Crippen LogP contribution >= 0.6 is 0 Å². The molecular weight excluding hydrogens is 270 g/mol. The molecule has 0 amide bonds. The minimum Gasteiger partial charge on any atom is -0.508 e. The lowest BCUT2D eigenvalue weighted by molar-refractivity contribution is 0.0526. The fourth-order valence-electron chi connectivity index (χ4n) is 1.69. The van der Waals surface area contributed by atoms with Gasteiger partial charge in [-0.2, -0.15) is 0 Å². The van der Waals surface area contributed by atoms with Gasteiger partial charge in [0.25, 0.3) is 0 Å². The van der Waals surface area contributed by atoms with E-state index >= 15 is 0 Å². The van der Waals surface area contributed by atoms with Crippen molar-refractivity contribution in [1.82, 2.24) is 0 Å². The first kappa shape index (κ1) is 14.6. The molecule has 2 rings (SSSR count). The Kier molecular flexibility index (Phi) is 4.56. The van der Waals surface area contributed by atoms with Crippen molar-refractivity contribution in [2.75, 3.05) is 6.61 Å². The normalized spacial score (nSPS) is 10.7. The van der Waals surface area contributed by atoms with E-state index < -0.39 is 0 Å². The molecule has 0 saturated carbocycles. The maximum atomic E-state index is 11.5. The summed E-state index contributed by atoms with van der Waals surface area (Å²) >= 11 is 0. The molecule has 0 atom stereocenters. The Balaban J connectivity index is 2.14. The highest BCUT2D eigenvalue weighted by Crippen LogP contribution is 2.21. The van der Waals surface area contributed by atoms with Crippen molar-refractivity contribution in [2.45, 2.75) is 6.92 Å². The fourth-order valence-corrected chi connectivity index (χ4v) is 1.69. The Bertz CT molecular complexity index is 662. The van der Waals surface area contributed by atoms with Gasteiger partial charge >= 0.3 is 5.97 Å². The largest absolute Gasteiger partial charge is 0.508 e. The van der Waals surface area contributed by atoms with Gasteiger partial charge in [0.2, 0.25) is 0 Å². The zero-order valence-electron chi connectivity index (χ0n) is 11.5. The molecule has 2 aromatic rings. The summed E-state index contributed by atoms with van der Waals surface area (Å²) in [6, 6.07) is 10.8. The van der Waals surface area contributed by atoms with Gasteiger partial charge in [-0.05, 0) is 49.4 Å². The number of hydrogen-bond donors (Lipinski definition) is 2. The first-order chi connectivity index (χ1) is 10.1. The number of rotatable bonds is 4. The van der Waals surface area contributed by atoms with Gasteiger partial charge in [-0.1, -0.05) is 0 Å². The number of phenols is 2. The van der Waals surface area contributed by atoms with Crippen LogP contribution in [0.5, 0.6) is 11.5 Å². The second kappa shape index (κ2) is 6.56. The standard InChI is InChI=1S/C16H15NO4/c1-2-21-16(20)11-3-5-13(6-4-11)17-10-12-9-14(18)7-8-15(12)19/h3-10,18-19H,2H2,1H3/b17-10+. The van der Waals surface area contributed by atoms with E-state index in [0.29, 0.717) is 23.4 Å². The van der Waals surface area contributed by atoms with Crippen LogP contribution in [0.1, 0.15) is 22.8 Å². The number of carbonyl (C=O) groups excluding carboxylic acids is 1. The molecule has 0 aromatic heterocycles. The fraction of sp³-hybridized carbons (Fsp3) is 0.125. The van der Waals surface area contributed by atoms with E-state index in [1.807, 2.05) is 0 Å². The molecule has 2 N–H and O–H groups in total. The van der Waals surface area contributed by atoms with Gasteiger partial charge in [0.15, 0.2) is 0 Å². The van der Waals surface area contributed by atoms with E-state index in [0.717, 1.165) is 0 Å². The zero-order valence-corrected chi connectivity index (χ0v) is 11.5. The highest BCUT2D eigenvalue weighted by Gasteiger charge is 2.05. The topological polar surface area (TPSA) is 79.1 Å². The summed E-state index contributed by atoms with van der Waals surface area (Å²) < 4.78 is 4.89. The van der Waals surface area contributed by atoms with Crippen molar-refractivity contribution in [1.29, 1.82) is 0 Å². The maximum Gasteiger partial charge on any atom is 0.338 e. The van der Waals surface area contributed by atoms with E-state index in [9.17, 15) is 15.0 Å². The summed E-state index contributed by atoms with van der Waals surface area (Å²) in [6.45, 7) is 2.08. The number of benzene rings is 2. The van der Waals surface area contributed by atoms with Crippen molar-refractivity contribution in [3.63, 3.8) is 0 Å². The molecule has 0 radical (unpaired) electrons. The van der Waals surface area contributed by atoms with E-state index in [2.05, 4.69) is 4.99 Å². The molecule has 0 heterocycles. The Hall–Kier alpha value is -2.82. The number of aliphatic imine (C=N–C) groups is 1. The minimum atomic E-state index is -0.376. The molecule has 0 unspecified atom stereocenters. The lowest BCUT2D eigenvalue weighted by atomic mass is 10.2. The van der Waals surface area contributed by atoms with Crippen LogP contribution in [-0.2, 0) is 4.74 Å². The molecule has 0 bridgehead atoms. The monoisotopic (exact) mass is 285 g/mol. The van der Waals surface area contributed by atoms with Crippen LogP contribution in [0.4, 0.5) is 5.69 Å². The number of phenolic OH excluding ortho intramolecular Hbond substituents is 2. The van der Waals surface area contributed by atoms with Gasteiger partial charge in [-0.3, -0.25) is 4.99 Å². The molecule has 0 aliphatic carbocycles. The summed E-state index contributed by atoms with van der Waals surface area (Å²) in [5, 5.41) is 19.0. The molecule has 0 aliphatic rings. The number of ether oxygens (including phenoxy) is 1. The maximum absolute atomic E-state index is 11.5. The summed E-state index contributed by atoms with van der Waals surface area (Å²) in [7, 11) is 0. The molecular formula is C16H15NO4. The van der Waals surface area contributed by atoms with E-state index in [-0.39, 0.29) is 17.5 Å². The lowest BCUT2D eigenvalue weighted by Crippen LogP contribution is -2.03. The van der Waals surface area contributed by atoms with Crippen LogP contribution < -0.4 is 0 Å². The quantitative estimate of drug-likeness (QED) is 0.514. The number of carbonyl (C=O) groups is 1. The van der Waals surface area contributed by atoms with Crippen LogP contribution in [0, 0.1) is 0 Å². The first-order valence-corrected chi connectivity index (χ1v) is 6.43. The first-order valence-electron chi connectivity index (χ1n) is 6.43. The predicted octanol–water partition coefficient (Wildman–Crippen LogP) is 3.03. The van der Waals surface area contributed by atoms with Crippen LogP contribution in [0.3, 0.4) is 0 Å². The molecule has 0 spiro atoms. The molecule has 108 valence electrons. The molecule has 0 fully saturated rings. The van der Waals surface area contributed by atoms with Gasteiger partial charge in [0.05, 0.1) is 17.9 Å². The van der Waals surface area contributed by atoms with Crippen LogP contribution in [0.2, 0.25) is 0 Å². The van der Waals surface area contributed by atoms with E-state index in [4.69, 9.17) is 4.74 Å². The Morgan fingerprint density at radius 2 is 1.90 bits per heavy atom. The zero-order chi connectivity index (χ0) is 15.2. The van der Waals surface area contributed by atoms with Gasteiger partial charge in [-0.25, -0.2) is 4.79 Å². The summed E-state index contributed by atoms with van der Waals surface area (Å²) in [4.78, 5) is 15.7. The Morgan fingerprint density at radius 1 is 1.19 bits per heavy atom. The van der Waals surface area contributed by atoms with Crippen molar-refractivity contribution in [2.24, 2.45) is 4.99 Å². The third kappa shape index (κ3) is 3.82. The van der Waals surface area contributed by atoms with E-state index in [1.165, 1.54) is 24.4 Å². The van der Waals surface area contributed by atoms with Crippen molar-refractivity contribution in [3.05, 3.63) is 53.6 Å². The molecule has 5 nitrogen and oxygen atoms in total. The number of hydrogen-bond acceptors (Lipinski definition) is 5. The van der Waals surface area contributed by atoms with Crippen molar-refractivity contribution in [3.8, 4) is 11.5 Å². The average Bonchev–Trinajstić information content (AvgIpc) is 2.49. The van der Waals surface area contributed by atoms with Crippen molar-refractivity contribution < 1.29 is 19.7 Å². The van der Waals surface area contributed by atoms with Crippen molar-refractivity contribution >= 4 is 17.9 Å². The van der Waals surface area contributed by atoms with Gasteiger partial charge < -0.3 is 14.9 Å². The molecule has 21 heavy (non-hydrogen) atoms. The smallest absolute Gasteiger partial charge is 0.338 e. The van der Waals surface area contributed by atoms with Gasteiger partial charge in [-0.15, -0.1) is 0 Å². The molecule has 5 heteroatoms. The Morgan fingerprint density at radius 3 is 2.57 bits per heavy atom. The highest BCUT2D eigenvalue weighted by atomic mass is 16.5. The minimum absolute atomic E-state index is 0.0275. The molecule has 2 aromatic carbocycles. The molecule has 0 aliphatic heterocycles. The Labute approximate surface area is 122 Å². The predicted molar refractivity (Wildman–Crippen MR) is 79.4 cm³/mol. The van der Waals surface area contributed by atoms with Crippen LogP contribution in [0.15, 0.2) is 47.5 Å². The van der Waals surface area contributed by atoms with E-state index in [1.54, 1.807) is 31.2 Å². The van der Waals surface area contributed by atoms with Crippen LogP contribution in [-0.4, -0.2) is 29.0 Å². The number of esters is 1. The number of nitrogens with zero attached hydrogens (tertiary/aromatic N) is 1. The van der Waals surface area contributed by atoms with Gasteiger partial charge in [0, 0.05) is 11.8 Å². The highest BCUT2D eigenvalue weighted by molar-refractivity contribution is 5.90. The summed E-state index contributed by atoms with van der Waals surface area (Å²) in [6.07, 6.45) is 1.44. The second-order valence-corrected chi connectivity index (χ2v) is 4.27. The summed E-state index contributed by atoms with van der Waals surface area (Å²) in [5.41, 5.74) is 1.48. The van der Waals surface area contributed by atoms with Gasteiger partial charge in [0.1, 0.15) is 11.5 Å². The lowest BCUT2D eigenvalue weighted by Gasteiger charge is -2.02. The average molecular weight is 285 g/mol. The summed E-state index contributed by atoms with van der Waals surface area (Å²) in [5.74, 6) is -0.301. The third-order valence-corrected chi connectivity index (χ3v) is 2.74. The number of aromatic hydroxyl groups is 2. The molecule has 0 saturated heterocycles. The SMILES string of the molecule is CCOC(=O)c1ccc(/N=C/c2cc(O)ccc2O)cc1. The van der Waals surface area contributed by atoms with Crippen LogP contribution in [0.25, 0.3) is 0 Å².